The van der Waals surface area contributed by atoms with Crippen molar-refractivity contribution in [2.24, 2.45) is 0 Å². The van der Waals surface area contributed by atoms with Crippen LogP contribution in [0.25, 0.3) is 11.2 Å². The number of aromatic nitrogens is 2. The van der Waals surface area contributed by atoms with Crippen LogP contribution in [0.4, 0.5) is 6.01 Å². The molecule has 4 rings (SSSR count). The van der Waals surface area contributed by atoms with Gasteiger partial charge in [0.25, 0.3) is 6.01 Å². The van der Waals surface area contributed by atoms with E-state index in [-0.39, 0.29) is 6.10 Å². The second-order valence-electron chi connectivity index (χ2n) is 6.10. The van der Waals surface area contributed by atoms with Crippen molar-refractivity contribution in [3.63, 3.8) is 0 Å². The summed E-state index contributed by atoms with van der Waals surface area (Å²) < 4.78 is 5.68. The monoisotopic (exact) mass is 288 g/mol. The van der Waals surface area contributed by atoms with Crippen molar-refractivity contribution in [3.05, 3.63) is 18.3 Å². The topological polar surface area (TPSA) is 74.4 Å². The third kappa shape index (κ3) is 2.61. The number of likely N-dealkylation sites (tertiary alicyclic amines) is 1. The van der Waals surface area contributed by atoms with Gasteiger partial charge in [0, 0.05) is 24.8 Å². The summed E-state index contributed by atoms with van der Waals surface area (Å²) in [6.07, 6.45) is 5.75. The first-order valence-electron chi connectivity index (χ1n) is 7.68. The van der Waals surface area contributed by atoms with Crippen molar-refractivity contribution in [3.8, 4) is 0 Å². The molecule has 1 saturated heterocycles. The second kappa shape index (κ2) is 5.27. The Hall–Kier alpha value is -1.66. The molecular formula is C15H20N4O2. The van der Waals surface area contributed by atoms with Crippen molar-refractivity contribution in [2.45, 2.75) is 43.9 Å². The van der Waals surface area contributed by atoms with Gasteiger partial charge in [-0.05, 0) is 44.4 Å². The van der Waals surface area contributed by atoms with Crippen LogP contribution in [-0.2, 0) is 0 Å². The van der Waals surface area contributed by atoms with Crippen molar-refractivity contribution in [2.75, 3.05) is 18.4 Å². The summed E-state index contributed by atoms with van der Waals surface area (Å²) >= 11 is 0. The van der Waals surface area contributed by atoms with E-state index in [9.17, 15) is 5.11 Å². The lowest BCUT2D eigenvalue weighted by atomic mass is 9.86. The number of pyridine rings is 1. The average molecular weight is 288 g/mol. The number of oxazole rings is 1. The van der Waals surface area contributed by atoms with E-state index >= 15 is 0 Å². The maximum absolute atomic E-state index is 9.46. The molecule has 2 fully saturated rings. The van der Waals surface area contributed by atoms with Gasteiger partial charge in [0.2, 0.25) is 5.65 Å². The summed E-state index contributed by atoms with van der Waals surface area (Å²) in [5.74, 6) is 0. The van der Waals surface area contributed by atoms with Crippen LogP contribution in [-0.4, -0.2) is 51.3 Å². The first kappa shape index (κ1) is 13.0. The molecule has 0 amide bonds. The first-order valence-corrected chi connectivity index (χ1v) is 7.68. The van der Waals surface area contributed by atoms with E-state index in [1.165, 1.54) is 6.42 Å². The Labute approximate surface area is 123 Å². The van der Waals surface area contributed by atoms with Crippen LogP contribution in [0.2, 0.25) is 0 Å². The number of nitrogens with one attached hydrogen (secondary N) is 1. The van der Waals surface area contributed by atoms with Crippen LogP contribution < -0.4 is 5.32 Å². The Kier molecular flexibility index (Phi) is 3.27. The quantitative estimate of drug-likeness (QED) is 0.894. The molecule has 1 aliphatic heterocycles. The number of aliphatic hydroxyl groups excluding tert-OH is 1. The van der Waals surface area contributed by atoms with Gasteiger partial charge in [-0.3, -0.25) is 4.90 Å². The predicted octanol–water partition coefficient (Wildman–Crippen LogP) is 1.62. The van der Waals surface area contributed by atoms with Gasteiger partial charge in [0.1, 0.15) is 0 Å². The average Bonchev–Trinajstić information content (AvgIpc) is 2.86. The standard InChI is InChI=1S/C15H20N4O2/c20-12-7-11(8-12)19-6-2-3-10(9-19)17-15-18-14-13(21-15)4-1-5-16-14/h1,4-5,10-12,20H,2-3,6-9H2,(H,16,17,18)/t10-,11?,12?/m1/s1. The molecule has 1 saturated carbocycles. The number of fused-ring (bicyclic) bond motifs is 1. The number of anilines is 1. The molecule has 2 aliphatic rings. The number of piperidine rings is 1. The predicted molar refractivity (Wildman–Crippen MR) is 79.1 cm³/mol. The number of nitrogens with zero attached hydrogens (tertiary/aromatic N) is 3. The van der Waals surface area contributed by atoms with Crippen LogP contribution in [0.5, 0.6) is 0 Å². The fourth-order valence-corrected chi connectivity index (χ4v) is 3.32. The molecule has 0 unspecified atom stereocenters. The molecule has 2 aromatic rings. The van der Waals surface area contributed by atoms with Crippen LogP contribution in [0.3, 0.4) is 0 Å². The summed E-state index contributed by atoms with van der Waals surface area (Å²) in [5, 5.41) is 12.8. The number of aliphatic hydroxyl groups is 1. The zero-order valence-corrected chi connectivity index (χ0v) is 11.9. The largest absolute Gasteiger partial charge is 0.422 e. The second-order valence-corrected chi connectivity index (χ2v) is 6.10. The first-order chi connectivity index (χ1) is 10.3. The molecule has 3 heterocycles. The fraction of sp³-hybridized carbons (Fsp3) is 0.600. The smallest absolute Gasteiger partial charge is 0.297 e. The highest BCUT2D eigenvalue weighted by Gasteiger charge is 2.34. The molecule has 0 spiro atoms. The van der Waals surface area contributed by atoms with E-state index in [1.54, 1.807) is 6.20 Å². The zero-order valence-electron chi connectivity index (χ0n) is 11.9. The highest BCUT2D eigenvalue weighted by Crippen LogP contribution is 2.29. The molecule has 1 aliphatic carbocycles. The lowest BCUT2D eigenvalue weighted by Crippen LogP contribution is -2.53. The van der Waals surface area contributed by atoms with E-state index < -0.39 is 0 Å². The van der Waals surface area contributed by atoms with Gasteiger partial charge < -0.3 is 14.8 Å². The van der Waals surface area contributed by atoms with Crippen molar-refractivity contribution >= 4 is 17.2 Å². The molecule has 112 valence electrons. The summed E-state index contributed by atoms with van der Waals surface area (Å²) in [5.41, 5.74) is 1.37. The molecule has 0 bridgehead atoms. The van der Waals surface area contributed by atoms with Gasteiger partial charge in [0.15, 0.2) is 5.58 Å². The number of rotatable bonds is 3. The van der Waals surface area contributed by atoms with E-state index in [0.29, 0.717) is 23.7 Å². The zero-order chi connectivity index (χ0) is 14.2. The maximum atomic E-state index is 9.46. The van der Waals surface area contributed by atoms with Crippen molar-refractivity contribution < 1.29 is 9.52 Å². The van der Waals surface area contributed by atoms with E-state index in [0.717, 1.165) is 37.9 Å². The molecular weight excluding hydrogens is 268 g/mol. The molecule has 21 heavy (non-hydrogen) atoms. The Bertz CT molecular complexity index is 590. The maximum Gasteiger partial charge on any atom is 0.297 e. The Morgan fingerprint density at radius 3 is 3.10 bits per heavy atom. The molecule has 2 aromatic heterocycles. The van der Waals surface area contributed by atoms with Crippen LogP contribution >= 0.6 is 0 Å². The van der Waals surface area contributed by atoms with Gasteiger partial charge in [0.05, 0.1) is 6.10 Å². The van der Waals surface area contributed by atoms with Gasteiger partial charge in [-0.25, -0.2) is 4.98 Å². The molecule has 0 radical (unpaired) electrons. The number of hydrogen-bond acceptors (Lipinski definition) is 6. The van der Waals surface area contributed by atoms with E-state index in [1.807, 2.05) is 12.1 Å². The van der Waals surface area contributed by atoms with E-state index in [2.05, 4.69) is 20.2 Å². The minimum atomic E-state index is -0.0913. The lowest BCUT2D eigenvalue weighted by Gasteiger charge is -2.44. The molecule has 0 aromatic carbocycles. The fourth-order valence-electron chi connectivity index (χ4n) is 3.32. The summed E-state index contributed by atoms with van der Waals surface area (Å²) in [7, 11) is 0. The van der Waals surface area contributed by atoms with Gasteiger partial charge >= 0.3 is 0 Å². The Morgan fingerprint density at radius 2 is 2.29 bits per heavy atom. The van der Waals surface area contributed by atoms with Crippen molar-refractivity contribution in [1.82, 2.24) is 14.9 Å². The van der Waals surface area contributed by atoms with Crippen LogP contribution in [0.15, 0.2) is 22.7 Å². The van der Waals surface area contributed by atoms with Crippen molar-refractivity contribution in [1.29, 1.82) is 0 Å². The van der Waals surface area contributed by atoms with Gasteiger partial charge in [-0.15, -0.1) is 0 Å². The Balaban J connectivity index is 1.41. The Morgan fingerprint density at radius 1 is 1.38 bits per heavy atom. The number of hydrogen-bond donors (Lipinski definition) is 2. The molecule has 6 heteroatoms. The van der Waals surface area contributed by atoms with E-state index in [4.69, 9.17) is 4.42 Å². The molecule has 2 N–H and O–H groups in total. The van der Waals surface area contributed by atoms with Crippen LogP contribution in [0, 0.1) is 0 Å². The van der Waals surface area contributed by atoms with Gasteiger partial charge in [-0.2, -0.15) is 4.98 Å². The highest BCUT2D eigenvalue weighted by atomic mass is 16.4. The molecule has 6 nitrogen and oxygen atoms in total. The summed E-state index contributed by atoms with van der Waals surface area (Å²) in [6, 6.07) is 5.19. The third-order valence-electron chi connectivity index (χ3n) is 4.55. The SMILES string of the molecule is OC1CC(N2CCC[C@@H](Nc3nc4ncccc4o3)C2)C1. The summed E-state index contributed by atoms with van der Waals surface area (Å²) in [4.78, 5) is 11.0. The highest BCUT2D eigenvalue weighted by molar-refractivity contribution is 5.69. The summed E-state index contributed by atoms with van der Waals surface area (Å²) in [6.45, 7) is 2.12. The van der Waals surface area contributed by atoms with Crippen LogP contribution in [0.1, 0.15) is 25.7 Å². The lowest BCUT2D eigenvalue weighted by molar-refractivity contribution is -0.00736. The molecule has 1 atom stereocenters. The normalized spacial score (nSPS) is 30.2. The third-order valence-corrected chi connectivity index (χ3v) is 4.55. The minimum absolute atomic E-state index is 0.0913. The minimum Gasteiger partial charge on any atom is -0.422 e. The van der Waals surface area contributed by atoms with Gasteiger partial charge in [-0.1, -0.05) is 0 Å².